The zero-order valence-corrected chi connectivity index (χ0v) is 25.2. The second kappa shape index (κ2) is 13.2. The van der Waals surface area contributed by atoms with E-state index in [0.29, 0.717) is 16.3 Å². The molecular weight excluding hydrogens is 550 g/mol. The Hall–Kier alpha value is -3.56. The van der Waals surface area contributed by atoms with E-state index in [9.17, 15) is 18.0 Å². The van der Waals surface area contributed by atoms with E-state index in [1.165, 1.54) is 17.0 Å². The fraction of sp³-hybridized carbons (Fsp3) is 0.333. The molecule has 3 aromatic rings. The van der Waals surface area contributed by atoms with Crippen LogP contribution in [0.1, 0.15) is 37.5 Å². The van der Waals surface area contributed by atoms with Crippen molar-refractivity contribution in [2.75, 3.05) is 18.0 Å². The maximum atomic E-state index is 14.0. The number of amides is 2. The van der Waals surface area contributed by atoms with Crippen LogP contribution in [0.3, 0.4) is 0 Å². The molecule has 8 nitrogen and oxygen atoms in total. The summed E-state index contributed by atoms with van der Waals surface area (Å²) in [5.74, 6) is -0.236. The minimum absolute atomic E-state index is 0.0394. The van der Waals surface area contributed by atoms with E-state index in [2.05, 4.69) is 5.32 Å². The fourth-order valence-electron chi connectivity index (χ4n) is 4.13. The van der Waals surface area contributed by atoms with Gasteiger partial charge in [0.05, 0.1) is 17.7 Å². The molecule has 3 aromatic carbocycles. The summed E-state index contributed by atoms with van der Waals surface area (Å²) in [5, 5.41) is 3.21. The van der Waals surface area contributed by atoms with E-state index in [1.807, 2.05) is 20.8 Å². The second-order valence-electron chi connectivity index (χ2n) is 9.92. The smallest absolute Gasteiger partial charge is 0.264 e. The normalized spacial score (nSPS) is 12.1. The maximum Gasteiger partial charge on any atom is 0.264 e. The minimum atomic E-state index is -4.18. The predicted molar refractivity (Wildman–Crippen MR) is 158 cm³/mol. The first-order valence-electron chi connectivity index (χ1n) is 12.9. The number of aryl methyl sites for hydroxylation is 1. The summed E-state index contributed by atoms with van der Waals surface area (Å²) in [5.41, 5.74) is 2.45. The summed E-state index contributed by atoms with van der Waals surface area (Å²) in [4.78, 5) is 28.4. The highest BCUT2D eigenvalue weighted by Gasteiger charge is 2.33. The number of benzene rings is 3. The van der Waals surface area contributed by atoms with Gasteiger partial charge in [-0.15, -0.1) is 0 Å². The standard InChI is InChI=1S/C30H36ClN3O5S/c1-20(2)32-30(36)23(5)33(18-24-12-14-25(39-6)15-13-24)29(35)19-34(28-9-7-8-27(31)22(28)4)40(37,38)26-16-10-21(3)11-17-26/h7-17,20,23H,18-19H2,1-6H3,(H,32,36)/t23-/m1/s1. The molecule has 214 valence electrons. The van der Waals surface area contributed by atoms with Crippen LogP contribution in [0.15, 0.2) is 71.6 Å². The molecule has 0 aliphatic heterocycles. The molecule has 3 rings (SSSR count). The summed E-state index contributed by atoms with van der Waals surface area (Å²) in [6, 6.07) is 17.4. The molecule has 0 saturated heterocycles. The van der Waals surface area contributed by atoms with Crippen molar-refractivity contribution in [3.63, 3.8) is 0 Å². The highest BCUT2D eigenvalue weighted by Crippen LogP contribution is 2.31. The molecule has 1 atom stereocenters. The average Bonchev–Trinajstić information content (AvgIpc) is 2.91. The highest BCUT2D eigenvalue weighted by atomic mass is 35.5. The van der Waals surface area contributed by atoms with Gasteiger partial charge < -0.3 is 15.0 Å². The summed E-state index contributed by atoms with van der Waals surface area (Å²) >= 11 is 6.37. The molecule has 0 aliphatic carbocycles. The lowest BCUT2D eigenvalue weighted by Gasteiger charge is -2.33. The summed E-state index contributed by atoms with van der Waals surface area (Å²) in [6.45, 7) is 8.40. The Balaban J connectivity index is 2.06. The first-order valence-corrected chi connectivity index (χ1v) is 14.7. The summed E-state index contributed by atoms with van der Waals surface area (Å²) in [7, 11) is -2.62. The molecule has 0 aliphatic rings. The molecular formula is C30H36ClN3O5S. The van der Waals surface area contributed by atoms with Crippen LogP contribution in [0.4, 0.5) is 5.69 Å². The quantitative estimate of drug-likeness (QED) is 0.338. The van der Waals surface area contributed by atoms with Crippen LogP contribution in [0, 0.1) is 13.8 Å². The van der Waals surface area contributed by atoms with Gasteiger partial charge in [0.1, 0.15) is 18.3 Å². The lowest BCUT2D eigenvalue weighted by atomic mass is 10.1. The van der Waals surface area contributed by atoms with Crippen molar-refractivity contribution in [1.82, 2.24) is 10.2 Å². The van der Waals surface area contributed by atoms with Gasteiger partial charge in [-0.25, -0.2) is 8.42 Å². The number of carbonyl (C=O) groups excluding carboxylic acids is 2. The molecule has 0 heterocycles. The number of carbonyl (C=O) groups is 2. The average molecular weight is 586 g/mol. The van der Waals surface area contributed by atoms with Gasteiger partial charge in [0.25, 0.3) is 10.0 Å². The molecule has 0 fully saturated rings. The van der Waals surface area contributed by atoms with Crippen LogP contribution in [0.5, 0.6) is 5.75 Å². The number of sulfonamides is 1. The Labute approximate surface area is 241 Å². The Kier molecular flexibility index (Phi) is 10.2. The Morgan fingerprint density at radius 2 is 1.57 bits per heavy atom. The molecule has 0 bridgehead atoms. The summed E-state index contributed by atoms with van der Waals surface area (Å²) in [6.07, 6.45) is 0. The molecule has 10 heteroatoms. The number of ether oxygens (including phenoxy) is 1. The van der Waals surface area contributed by atoms with Crippen molar-refractivity contribution < 1.29 is 22.7 Å². The van der Waals surface area contributed by atoms with Gasteiger partial charge in [-0.2, -0.15) is 0 Å². The van der Waals surface area contributed by atoms with E-state index in [1.54, 1.807) is 75.6 Å². The zero-order chi connectivity index (χ0) is 29.6. The first-order chi connectivity index (χ1) is 18.8. The number of halogens is 1. The molecule has 0 radical (unpaired) electrons. The van der Waals surface area contributed by atoms with Gasteiger partial charge in [0.15, 0.2) is 0 Å². The van der Waals surface area contributed by atoms with Crippen LogP contribution >= 0.6 is 11.6 Å². The summed E-state index contributed by atoms with van der Waals surface area (Å²) < 4.78 is 34.2. The number of hydrogen-bond acceptors (Lipinski definition) is 5. The van der Waals surface area contributed by atoms with Crippen LogP contribution in [-0.4, -0.2) is 50.9 Å². The molecule has 0 saturated carbocycles. The number of hydrogen-bond donors (Lipinski definition) is 1. The second-order valence-corrected chi connectivity index (χ2v) is 12.2. The van der Waals surface area contributed by atoms with E-state index < -0.39 is 28.5 Å². The third-order valence-electron chi connectivity index (χ3n) is 6.51. The lowest BCUT2D eigenvalue weighted by molar-refractivity contribution is -0.139. The third-order valence-corrected chi connectivity index (χ3v) is 8.69. The maximum absolute atomic E-state index is 14.0. The van der Waals surface area contributed by atoms with Crippen LogP contribution in [-0.2, 0) is 26.2 Å². The minimum Gasteiger partial charge on any atom is -0.497 e. The molecule has 40 heavy (non-hydrogen) atoms. The van der Waals surface area contributed by atoms with Crippen molar-refractivity contribution in [3.05, 3.63) is 88.4 Å². The van der Waals surface area contributed by atoms with E-state index in [4.69, 9.17) is 16.3 Å². The first kappa shape index (κ1) is 31.0. The van der Waals surface area contributed by atoms with Crippen LogP contribution in [0.25, 0.3) is 0 Å². The van der Waals surface area contributed by atoms with Crippen molar-refractivity contribution in [1.29, 1.82) is 0 Å². The zero-order valence-electron chi connectivity index (χ0n) is 23.6. The van der Waals surface area contributed by atoms with Gasteiger partial charge in [-0.05, 0) is 82.1 Å². The van der Waals surface area contributed by atoms with Gasteiger partial charge in [-0.3, -0.25) is 13.9 Å². The fourth-order valence-corrected chi connectivity index (χ4v) is 5.77. The third kappa shape index (κ3) is 7.34. The van der Waals surface area contributed by atoms with Gasteiger partial charge in [0.2, 0.25) is 11.8 Å². The molecule has 0 aromatic heterocycles. The molecule has 1 N–H and O–H groups in total. The number of nitrogens with one attached hydrogen (secondary N) is 1. The molecule has 0 spiro atoms. The molecule has 0 unspecified atom stereocenters. The van der Waals surface area contributed by atoms with Crippen molar-refractivity contribution >= 4 is 39.1 Å². The topological polar surface area (TPSA) is 96.0 Å². The van der Waals surface area contributed by atoms with Crippen molar-refractivity contribution in [2.24, 2.45) is 0 Å². The van der Waals surface area contributed by atoms with Crippen molar-refractivity contribution in [2.45, 2.75) is 58.1 Å². The van der Waals surface area contributed by atoms with Gasteiger partial charge >= 0.3 is 0 Å². The monoisotopic (exact) mass is 585 g/mol. The predicted octanol–water partition coefficient (Wildman–Crippen LogP) is 5.10. The largest absolute Gasteiger partial charge is 0.497 e. The number of anilines is 1. The van der Waals surface area contributed by atoms with Crippen LogP contribution in [0.2, 0.25) is 5.02 Å². The van der Waals surface area contributed by atoms with E-state index in [0.717, 1.165) is 15.4 Å². The van der Waals surface area contributed by atoms with Crippen molar-refractivity contribution in [3.8, 4) is 5.75 Å². The van der Waals surface area contributed by atoms with Gasteiger partial charge in [0, 0.05) is 17.6 Å². The van der Waals surface area contributed by atoms with E-state index in [-0.39, 0.29) is 29.1 Å². The number of methoxy groups -OCH3 is 1. The van der Waals surface area contributed by atoms with E-state index >= 15 is 0 Å². The highest BCUT2D eigenvalue weighted by molar-refractivity contribution is 7.92. The number of rotatable bonds is 11. The SMILES string of the molecule is COc1ccc(CN(C(=O)CN(c2cccc(Cl)c2C)S(=O)(=O)c2ccc(C)cc2)[C@H](C)C(=O)NC(C)C)cc1. The Morgan fingerprint density at radius 3 is 2.15 bits per heavy atom. The lowest BCUT2D eigenvalue weighted by Crippen LogP contribution is -2.52. The Morgan fingerprint density at radius 1 is 0.950 bits per heavy atom. The van der Waals surface area contributed by atoms with Gasteiger partial charge in [-0.1, -0.05) is 47.5 Å². The number of nitrogens with zero attached hydrogens (tertiary/aromatic N) is 2. The molecule has 2 amide bonds. The van der Waals surface area contributed by atoms with Crippen LogP contribution < -0.4 is 14.4 Å². The Bertz CT molecular complexity index is 1440.